The molecule has 206 valence electrons. The molecule has 0 bridgehead atoms. The average Bonchev–Trinajstić information content (AvgIpc) is 3.58. The molecular formula is C32H36FN7. The quantitative estimate of drug-likeness (QED) is 0.155. The largest absolute Gasteiger partial charge is 0.373 e. The Labute approximate surface area is 235 Å². The SMILES string of the molecule is C#C.C=C/C(=C\C(=C/C)c1cnc(NC)c(Cc2cc3c(-n4cnc(C)c4)ccnc3[nH]2)c1F)NC(=C)C(C)C. The van der Waals surface area contributed by atoms with E-state index in [1.54, 1.807) is 31.8 Å². The fourth-order valence-corrected chi connectivity index (χ4v) is 4.20. The molecule has 0 atom stereocenters. The van der Waals surface area contributed by atoms with Crippen molar-refractivity contribution < 1.29 is 4.39 Å². The molecule has 4 aromatic rings. The second-order valence-corrected chi connectivity index (χ2v) is 9.40. The molecule has 0 aliphatic rings. The van der Waals surface area contributed by atoms with Crippen LogP contribution in [0.2, 0.25) is 0 Å². The third kappa shape index (κ3) is 6.38. The first-order valence-electron chi connectivity index (χ1n) is 12.9. The number of hydrogen-bond acceptors (Lipinski definition) is 5. The topological polar surface area (TPSA) is 83.5 Å². The Kier molecular flexibility index (Phi) is 9.82. The van der Waals surface area contributed by atoms with Crippen molar-refractivity contribution in [2.24, 2.45) is 5.92 Å². The Bertz CT molecular complexity index is 1600. The van der Waals surface area contributed by atoms with Crippen molar-refractivity contribution in [2.75, 3.05) is 12.4 Å². The van der Waals surface area contributed by atoms with Gasteiger partial charge in [0.05, 0.1) is 17.7 Å². The predicted molar refractivity (Wildman–Crippen MR) is 163 cm³/mol. The van der Waals surface area contributed by atoms with Gasteiger partial charge in [0.15, 0.2) is 0 Å². The molecule has 40 heavy (non-hydrogen) atoms. The summed E-state index contributed by atoms with van der Waals surface area (Å²) in [5.41, 5.74) is 6.57. The number of aryl methyl sites for hydroxylation is 1. The Hall–Kier alpha value is -4.90. The molecule has 0 unspecified atom stereocenters. The molecule has 0 saturated heterocycles. The van der Waals surface area contributed by atoms with Crippen LogP contribution < -0.4 is 10.6 Å². The Balaban J connectivity index is 0.00000216. The summed E-state index contributed by atoms with van der Waals surface area (Å²) in [6, 6.07) is 3.94. The highest BCUT2D eigenvalue weighted by molar-refractivity contribution is 5.86. The molecule has 0 saturated carbocycles. The lowest BCUT2D eigenvalue weighted by atomic mass is 10.0. The summed E-state index contributed by atoms with van der Waals surface area (Å²) in [5, 5.41) is 7.23. The zero-order valence-corrected chi connectivity index (χ0v) is 23.7. The molecule has 7 nitrogen and oxygen atoms in total. The summed E-state index contributed by atoms with van der Waals surface area (Å²) < 4.78 is 18.1. The predicted octanol–water partition coefficient (Wildman–Crippen LogP) is 6.71. The van der Waals surface area contributed by atoms with Crippen LogP contribution in [0.1, 0.15) is 43.3 Å². The third-order valence-corrected chi connectivity index (χ3v) is 6.42. The van der Waals surface area contributed by atoms with Crippen LogP contribution >= 0.6 is 0 Å². The first kappa shape index (κ1) is 29.7. The van der Waals surface area contributed by atoms with E-state index in [9.17, 15) is 0 Å². The molecule has 3 N–H and O–H groups in total. The van der Waals surface area contributed by atoms with Crippen LogP contribution in [0.3, 0.4) is 0 Å². The molecule has 0 aromatic carbocycles. The molecule has 0 spiro atoms. The summed E-state index contributed by atoms with van der Waals surface area (Å²) in [6.45, 7) is 15.9. The van der Waals surface area contributed by atoms with Crippen LogP contribution in [-0.2, 0) is 6.42 Å². The summed E-state index contributed by atoms with van der Waals surface area (Å²) in [5.74, 6) is 0.395. The number of allylic oxidation sites excluding steroid dienone is 5. The van der Waals surface area contributed by atoms with E-state index in [1.165, 1.54) is 0 Å². The average molecular weight is 538 g/mol. The normalized spacial score (nSPS) is 11.7. The van der Waals surface area contributed by atoms with E-state index in [0.29, 0.717) is 28.9 Å². The van der Waals surface area contributed by atoms with Crippen molar-refractivity contribution >= 4 is 22.4 Å². The lowest BCUT2D eigenvalue weighted by Crippen LogP contribution is -2.15. The minimum atomic E-state index is -0.336. The first-order valence-corrected chi connectivity index (χ1v) is 12.9. The number of anilines is 1. The van der Waals surface area contributed by atoms with Crippen LogP contribution in [0.5, 0.6) is 0 Å². The van der Waals surface area contributed by atoms with Gasteiger partial charge < -0.3 is 20.2 Å². The third-order valence-electron chi connectivity index (χ3n) is 6.42. The maximum absolute atomic E-state index is 16.1. The van der Waals surface area contributed by atoms with E-state index in [-0.39, 0.29) is 11.7 Å². The smallest absolute Gasteiger partial charge is 0.139 e. The Morgan fingerprint density at radius 2 is 2.00 bits per heavy atom. The van der Waals surface area contributed by atoms with Gasteiger partial charge in [-0.05, 0) is 49.6 Å². The van der Waals surface area contributed by atoms with Crippen molar-refractivity contribution in [3.8, 4) is 18.5 Å². The van der Waals surface area contributed by atoms with Crippen molar-refractivity contribution in [1.29, 1.82) is 0 Å². The number of fused-ring (bicyclic) bond motifs is 1. The number of halogens is 1. The van der Waals surface area contributed by atoms with Gasteiger partial charge in [-0.3, -0.25) is 0 Å². The van der Waals surface area contributed by atoms with E-state index in [1.807, 2.05) is 48.9 Å². The number of hydrogen-bond donors (Lipinski definition) is 3. The van der Waals surface area contributed by atoms with Gasteiger partial charge in [-0.15, -0.1) is 12.8 Å². The van der Waals surface area contributed by atoms with E-state index in [2.05, 4.69) is 70.4 Å². The number of nitrogens with one attached hydrogen (secondary N) is 3. The first-order chi connectivity index (χ1) is 19.2. The number of terminal acetylenes is 1. The minimum absolute atomic E-state index is 0.247. The lowest BCUT2D eigenvalue weighted by Gasteiger charge is -2.16. The Morgan fingerprint density at radius 1 is 1.25 bits per heavy atom. The number of rotatable bonds is 10. The van der Waals surface area contributed by atoms with Crippen molar-refractivity contribution in [3.05, 3.63) is 108 Å². The number of pyridine rings is 2. The molecular weight excluding hydrogens is 501 g/mol. The summed E-state index contributed by atoms with van der Waals surface area (Å²) >= 11 is 0. The second kappa shape index (κ2) is 13.3. The molecule has 4 aromatic heterocycles. The van der Waals surface area contributed by atoms with Crippen LogP contribution in [0, 0.1) is 31.5 Å². The van der Waals surface area contributed by atoms with Crippen molar-refractivity contribution in [2.45, 2.75) is 34.1 Å². The molecule has 4 rings (SSSR count). The highest BCUT2D eigenvalue weighted by atomic mass is 19.1. The number of H-pyrrole nitrogens is 1. The lowest BCUT2D eigenvalue weighted by molar-refractivity contribution is 0.608. The molecule has 4 heterocycles. The monoisotopic (exact) mass is 537 g/mol. The number of aromatic amines is 1. The summed E-state index contributed by atoms with van der Waals surface area (Å²) in [7, 11) is 1.74. The van der Waals surface area contributed by atoms with E-state index in [4.69, 9.17) is 0 Å². The molecule has 0 radical (unpaired) electrons. The maximum Gasteiger partial charge on any atom is 0.139 e. The standard InChI is InChI=1S/C30H34FN7.C2H2/c1-8-21(12-22(9-2)36-20(6)18(3)4)26-15-34-29(32-7)25(28(26)31)14-23-13-24-27(10-11-33-30(24)37-23)38-16-19(5)35-17-38;1-2/h8-13,15-18,36H,2,6,14H2,1,3-5,7H3,(H,32,34)(H,33,37);1-2H/b21-8+,22-12+;. The van der Waals surface area contributed by atoms with Gasteiger partial charge in [-0.1, -0.05) is 33.1 Å². The number of aromatic nitrogens is 5. The van der Waals surface area contributed by atoms with Gasteiger partial charge in [-0.2, -0.15) is 0 Å². The maximum atomic E-state index is 16.1. The molecule has 8 heteroatoms. The van der Waals surface area contributed by atoms with Gasteiger partial charge in [0.25, 0.3) is 0 Å². The molecule has 0 aliphatic heterocycles. The van der Waals surface area contributed by atoms with Crippen molar-refractivity contribution in [3.63, 3.8) is 0 Å². The van der Waals surface area contributed by atoms with Crippen molar-refractivity contribution in [1.82, 2.24) is 29.8 Å². The second-order valence-electron chi connectivity index (χ2n) is 9.40. The van der Waals surface area contributed by atoms with E-state index >= 15 is 4.39 Å². The number of imidazole rings is 1. The van der Waals surface area contributed by atoms with Crippen LogP contribution in [-0.4, -0.2) is 31.6 Å². The zero-order chi connectivity index (χ0) is 29.4. The van der Waals surface area contributed by atoms with E-state index in [0.717, 1.165) is 39.5 Å². The highest BCUT2D eigenvalue weighted by Gasteiger charge is 2.19. The molecule has 0 amide bonds. The van der Waals surface area contributed by atoms with Crippen LogP contribution in [0.15, 0.2) is 79.8 Å². The molecule has 0 aliphatic carbocycles. The van der Waals surface area contributed by atoms with E-state index < -0.39 is 0 Å². The fourth-order valence-electron chi connectivity index (χ4n) is 4.20. The van der Waals surface area contributed by atoms with Gasteiger partial charge >= 0.3 is 0 Å². The molecule has 0 fully saturated rings. The highest BCUT2D eigenvalue weighted by Crippen LogP contribution is 2.30. The zero-order valence-electron chi connectivity index (χ0n) is 23.7. The van der Waals surface area contributed by atoms with Crippen LogP contribution in [0.25, 0.3) is 22.3 Å². The van der Waals surface area contributed by atoms with Gasteiger partial charge in [-0.25, -0.2) is 19.3 Å². The van der Waals surface area contributed by atoms with Gasteiger partial charge in [0, 0.05) is 65.7 Å². The van der Waals surface area contributed by atoms with Crippen LogP contribution in [0.4, 0.5) is 10.2 Å². The summed E-state index contributed by atoms with van der Waals surface area (Å²) in [6.07, 6.45) is 20.8. The van der Waals surface area contributed by atoms with Gasteiger partial charge in [0.1, 0.15) is 17.3 Å². The minimum Gasteiger partial charge on any atom is -0.373 e. The fraction of sp³-hybridized carbons (Fsp3) is 0.219. The Morgan fingerprint density at radius 3 is 2.60 bits per heavy atom. The summed E-state index contributed by atoms with van der Waals surface area (Å²) in [4.78, 5) is 16.7. The number of nitrogens with zero attached hydrogens (tertiary/aromatic N) is 4. The van der Waals surface area contributed by atoms with Gasteiger partial charge in [0.2, 0.25) is 0 Å².